The van der Waals surface area contributed by atoms with E-state index in [1.54, 1.807) is 41.9 Å². The molecule has 1 saturated heterocycles. The minimum atomic E-state index is -0.926. The van der Waals surface area contributed by atoms with Gasteiger partial charge in [0.25, 0.3) is 0 Å². The van der Waals surface area contributed by atoms with Crippen LogP contribution in [0.4, 0.5) is 4.79 Å². The standard InChI is InChI=1S/C38H64N4O10/c1-12-32(48-11)52-31-16-25(13-14-29(31)47-10)15-26(22(2)3)17-28-30(18-27(23(4)5)34(43)41-19-38(8,9)36(40)45)49-20-42(28)37(46)51-21-50-35(44)33(39)24(6)7/h13-14,16,22-24,26-28,30,32-33H,12,15,17-21,39H2,1-11H3,(H2,40,45)(H,41,43)/t26-,27-,28-,30-,32?,33-/m0/s1. The molecule has 0 radical (unpaired) electrons. The van der Waals surface area contributed by atoms with Crippen molar-refractivity contribution >= 4 is 23.9 Å². The molecule has 14 heteroatoms. The van der Waals surface area contributed by atoms with Crippen molar-refractivity contribution < 1.29 is 47.6 Å². The van der Waals surface area contributed by atoms with Crippen LogP contribution in [0.2, 0.25) is 0 Å². The van der Waals surface area contributed by atoms with E-state index in [-0.39, 0.29) is 42.9 Å². The topological polar surface area (TPSA) is 191 Å². The fraction of sp³-hybridized carbons (Fsp3) is 0.737. The van der Waals surface area contributed by atoms with Crippen LogP contribution in [0.1, 0.15) is 87.1 Å². The molecule has 6 atom stereocenters. The van der Waals surface area contributed by atoms with Gasteiger partial charge in [0.2, 0.25) is 18.6 Å². The third-order valence-electron chi connectivity index (χ3n) is 9.93. The van der Waals surface area contributed by atoms with E-state index in [1.165, 1.54) is 4.90 Å². The van der Waals surface area contributed by atoms with Gasteiger partial charge >= 0.3 is 12.1 Å². The first-order valence-corrected chi connectivity index (χ1v) is 18.3. The second-order valence-electron chi connectivity index (χ2n) is 15.3. The number of primary amides is 1. The lowest BCUT2D eigenvalue weighted by Gasteiger charge is -2.33. The Morgan fingerprint density at radius 3 is 2.19 bits per heavy atom. The van der Waals surface area contributed by atoms with Gasteiger partial charge in [-0.1, -0.05) is 54.5 Å². The average Bonchev–Trinajstić information content (AvgIpc) is 3.49. The van der Waals surface area contributed by atoms with E-state index < -0.39 is 60.6 Å². The van der Waals surface area contributed by atoms with Crippen molar-refractivity contribution in [2.75, 3.05) is 34.3 Å². The smallest absolute Gasteiger partial charge is 0.414 e. The number of ether oxygens (including phenoxy) is 6. The van der Waals surface area contributed by atoms with Gasteiger partial charge in [0.05, 0.1) is 24.7 Å². The maximum Gasteiger partial charge on any atom is 0.414 e. The molecule has 0 aliphatic carbocycles. The van der Waals surface area contributed by atoms with Crippen LogP contribution in [0.3, 0.4) is 0 Å². The summed E-state index contributed by atoms with van der Waals surface area (Å²) >= 11 is 0. The molecular weight excluding hydrogens is 672 g/mol. The van der Waals surface area contributed by atoms with Gasteiger partial charge in [0.15, 0.2) is 17.8 Å². The number of nitrogens with one attached hydrogen (secondary N) is 1. The molecule has 0 bridgehead atoms. The molecule has 0 saturated carbocycles. The molecule has 1 aliphatic heterocycles. The Hall–Kier alpha value is -3.62. The fourth-order valence-corrected chi connectivity index (χ4v) is 5.91. The molecule has 5 N–H and O–H groups in total. The van der Waals surface area contributed by atoms with Crippen molar-refractivity contribution in [3.05, 3.63) is 23.8 Å². The fourth-order valence-electron chi connectivity index (χ4n) is 5.91. The van der Waals surface area contributed by atoms with E-state index in [1.807, 2.05) is 39.0 Å². The summed E-state index contributed by atoms with van der Waals surface area (Å²) in [7, 11) is 3.18. The zero-order valence-corrected chi connectivity index (χ0v) is 33.1. The number of esters is 1. The third kappa shape index (κ3) is 12.8. The summed E-state index contributed by atoms with van der Waals surface area (Å²) in [5.41, 5.74) is 11.5. The molecule has 3 amide bonds. The maximum atomic E-state index is 13.5. The minimum Gasteiger partial charge on any atom is -0.493 e. The van der Waals surface area contributed by atoms with Crippen LogP contribution in [-0.4, -0.2) is 87.5 Å². The minimum absolute atomic E-state index is 0.0553. The van der Waals surface area contributed by atoms with Crippen LogP contribution in [-0.2, 0) is 39.8 Å². The summed E-state index contributed by atoms with van der Waals surface area (Å²) in [6.45, 7) is 16.5. The van der Waals surface area contributed by atoms with Crippen LogP contribution in [0.5, 0.6) is 11.5 Å². The summed E-state index contributed by atoms with van der Waals surface area (Å²) in [6.07, 6.45) is 0.469. The summed E-state index contributed by atoms with van der Waals surface area (Å²) in [6, 6.07) is 4.49. The van der Waals surface area contributed by atoms with Gasteiger partial charge in [0.1, 0.15) is 12.8 Å². The second-order valence-corrected chi connectivity index (χ2v) is 15.3. The Balaban J connectivity index is 2.39. The second kappa shape index (κ2) is 20.6. The van der Waals surface area contributed by atoms with Gasteiger partial charge in [-0.15, -0.1) is 0 Å². The third-order valence-corrected chi connectivity index (χ3v) is 9.93. The molecule has 52 heavy (non-hydrogen) atoms. The predicted octanol–water partition coefficient (Wildman–Crippen LogP) is 4.60. The van der Waals surface area contributed by atoms with Gasteiger partial charge in [-0.3, -0.25) is 19.3 Å². The summed E-state index contributed by atoms with van der Waals surface area (Å²) in [4.78, 5) is 52.8. The first-order chi connectivity index (χ1) is 24.4. The van der Waals surface area contributed by atoms with Crippen LogP contribution < -0.4 is 26.3 Å². The number of hydrogen-bond acceptors (Lipinski definition) is 11. The number of nitrogens with zero attached hydrogens (tertiary/aromatic N) is 1. The Morgan fingerprint density at radius 2 is 1.65 bits per heavy atom. The number of benzene rings is 1. The number of amides is 3. The first-order valence-electron chi connectivity index (χ1n) is 18.3. The molecule has 1 heterocycles. The van der Waals surface area contributed by atoms with E-state index >= 15 is 0 Å². The first kappa shape index (κ1) is 44.5. The van der Waals surface area contributed by atoms with E-state index in [0.29, 0.717) is 37.2 Å². The molecule has 1 aromatic carbocycles. The van der Waals surface area contributed by atoms with Crippen LogP contribution in [0.25, 0.3) is 0 Å². The number of rotatable bonds is 21. The quantitative estimate of drug-likeness (QED) is 0.118. The van der Waals surface area contributed by atoms with Crippen molar-refractivity contribution in [2.24, 2.45) is 46.5 Å². The molecule has 1 aromatic rings. The van der Waals surface area contributed by atoms with Crippen LogP contribution >= 0.6 is 0 Å². The van der Waals surface area contributed by atoms with E-state index in [9.17, 15) is 19.2 Å². The highest BCUT2D eigenvalue weighted by atomic mass is 16.7. The number of carbonyl (C=O) groups excluding carboxylic acids is 4. The van der Waals surface area contributed by atoms with Gasteiger partial charge < -0.3 is 45.2 Å². The zero-order valence-electron chi connectivity index (χ0n) is 33.1. The van der Waals surface area contributed by atoms with Crippen molar-refractivity contribution in [1.29, 1.82) is 0 Å². The zero-order chi connectivity index (χ0) is 39.3. The SMILES string of the molecule is CCC(OC)Oc1cc(C[C@@H](C[C@H]2[C@H](C[C@H](C(=O)NCC(C)(C)C(N)=O)C(C)C)OCN2C(=O)OCOC(=O)[C@@H](N)C(C)C)C(C)C)ccc1OC. The molecular formula is C38H64N4O10. The molecule has 296 valence electrons. The highest BCUT2D eigenvalue weighted by Crippen LogP contribution is 2.36. The van der Waals surface area contributed by atoms with Gasteiger partial charge in [-0.2, -0.15) is 0 Å². The summed E-state index contributed by atoms with van der Waals surface area (Å²) in [5, 5.41) is 2.90. The van der Waals surface area contributed by atoms with Gasteiger partial charge in [-0.25, -0.2) is 4.79 Å². The lowest BCUT2D eigenvalue weighted by molar-refractivity contribution is -0.155. The normalized spacial score (nSPS) is 18.6. The summed E-state index contributed by atoms with van der Waals surface area (Å²) < 4.78 is 33.9. The molecule has 0 aromatic heterocycles. The lowest BCUT2D eigenvalue weighted by atomic mass is 9.80. The highest BCUT2D eigenvalue weighted by molar-refractivity contribution is 5.83. The number of nitrogens with two attached hydrogens (primary N) is 2. The number of hydrogen-bond donors (Lipinski definition) is 3. The Bertz CT molecular complexity index is 1320. The van der Waals surface area contributed by atoms with E-state index in [2.05, 4.69) is 19.2 Å². The Labute approximate surface area is 309 Å². The van der Waals surface area contributed by atoms with Crippen LogP contribution in [0.15, 0.2) is 18.2 Å². The van der Waals surface area contributed by atoms with Crippen molar-refractivity contribution in [3.8, 4) is 11.5 Å². The largest absolute Gasteiger partial charge is 0.493 e. The van der Waals surface area contributed by atoms with Crippen molar-refractivity contribution in [3.63, 3.8) is 0 Å². The van der Waals surface area contributed by atoms with Crippen LogP contribution in [0, 0.1) is 35.0 Å². The number of carbonyl (C=O) groups is 4. The lowest BCUT2D eigenvalue weighted by Crippen LogP contribution is -2.47. The maximum absolute atomic E-state index is 13.5. The molecule has 1 fully saturated rings. The molecule has 1 aliphatic rings. The predicted molar refractivity (Wildman–Crippen MR) is 196 cm³/mol. The molecule has 2 rings (SSSR count). The van der Waals surface area contributed by atoms with Crippen molar-refractivity contribution in [2.45, 2.75) is 112 Å². The molecule has 0 spiro atoms. The highest BCUT2D eigenvalue weighted by Gasteiger charge is 2.43. The van der Waals surface area contributed by atoms with Gasteiger partial charge in [0, 0.05) is 26.0 Å². The molecule has 14 nitrogen and oxygen atoms in total. The molecule has 1 unspecified atom stereocenters. The monoisotopic (exact) mass is 736 g/mol. The average molecular weight is 737 g/mol. The van der Waals surface area contributed by atoms with Crippen molar-refractivity contribution in [1.82, 2.24) is 10.2 Å². The van der Waals surface area contributed by atoms with Gasteiger partial charge in [-0.05, 0) is 74.5 Å². The van der Waals surface area contributed by atoms with E-state index in [4.69, 9.17) is 39.9 Å². The van der Waals surface area contributed by atoms with E-state index in [0.717, 1.165) is 5.56 Å². The number of methoxy groups -OCH3 is 2. The summed E-state index contributed by atoms with van der Waals surface area (Å²) in [5.74, 6) is -0.730. The Morgan fingerprint density at radius 1 is 0.981 bits per heavy atom. The Kier molecular flexibility index (Phi) is 17.6.